The molecular weight excluding hydrogens is 291 g/mol. The van der Waals surface area contributed by atoms with Gasteiger partial charge in [0.2, 0.25) is 5.91 Å². The van der Waals surface area contributed by atoms with Crippen molar-refractivity contribution in [1.29, 1.82) is 0 Å². The molecule has 1 aliphatic carbocycles. The van der Waals surface area contributed by atoms with Gasteiger partial charge in [0.05, 0.1) is 5.54 Å². The van der Waals surface area contributed by atoms with Crippen LogP contribution in [0.2, 0.25) is 0 Å². The van der Waals surface area contributed by atoms with Gasteiger partial charge in [-0.3, -0.25) is 4.79 Å². The Kier molecular flexibility index (Phi) is 4.35. The highest BCUT2D eigenvalue weighted by Crippen LogP contribution is 2.32. The lowest BCUT2D eigenvalue weighted by atomic mass is 10.2. The molecule has 1 saturated carbocycles. The summed E-state index contributed by atoms with van der Waals surface area (Å²) in [6, 6.07) is 7.86. The Morgan fingerprint density at radius 3 is 2.75 bits per heavy atom. The molecular formula is C11H14BrClN2O. The van der Waals surface area contributed by atoms with Crippen molar-refractivity contribution in [1.82, 2.24) is 5.32 Å². The molecule has 1 aromatic carbocycles. The topological polar surface area (TPSA) is 55.1 Å². The first-order valence-corrected chi connectivity index (χ1v) is 5.71. The molecule has 3 nitrogen and oxygen atoms in total. The Bertz CT molecular complexity index is 393. The van der Waals surface area contributed by atoms with E-state index in [0.717, 1.165) is 22.9 Å². The zero-order valence-electron chi connectivity index (χ0n) is 8.70. The maximum absolute atomic E-state index is 11.5. The minimum atomic E-state index is -0.577. The lowest BCUT2D eigenvalue weighted by Gasteiger charge is -2.09. The molecule has 2 rings (SSSR count). The molecule has 0 atom stereocenters. The third-order valence-electron chi connectivity index (χ3n) is 2.58. The number of hydrogen-bond acceptors (Lipinski definition) is 2. The van der Waals surface area contributed by atoms with Crippen LogP contribution in [-0.4, -0.2) is 11.4 Å². The van der Waals surface area contributed by atoms with E-state index in [1.54, 1.807) is 0 Å². The van der Waals surface area contributed by atoms with Gasteiger partial charge >= 0.3 is 0 Å². The standard InChI is InChI=1S/C11H13BrN2O.ClH/c12-9-3-1-2-8(6-9)7-14-10(15)11(13)4-5-11;/h1-3,6H,4-5,7,13H2,(H,14,15);1H. The predicted molar refractivity (Wildman–Crippen MR) is 69.4 cm³/mol. The molecule has 0 bridgehead atoms. The number of benzene rings is 1. The number of halogens is 2. The van der Waals surface area contributed by atoms with Crippen LogP contribution in [-0.2, 0) is 11.3 Å². The van der Waals surface area contributed by atoms with Crippen LogP contribution >= 0.6 is 28.3 Å². The van der Waals surface area contributed by atoms with Crippen molar-refractivity contribution >= 4 is 34.2 Å². The molecule has 5 heteroatoms. The normalized spacial score (nSPS) is 16.1. The number of hydrogen-bond donors (Lipinski definition) is 2. The van der Waals surface area contributed by atoms with Gasteiger partial charge in [0.15, 0.2) is 0 Å². The zero-order valence-corrected chi connectivity index (χ0v) is 11.1. The summed E-state index contributed by atoms with van der Waals surface area (Å²) in [7, 11) is 0. The lowest BCUT2D eigenvalue weighted by molar-refractivity contribution is -0.123. The second-order valence-corrected chi connectivity index (χ2v) is 4.88. The first-order valence-electron chi connectivity index (χ1n) is 4.92. The molecule has 1 aromatic rings. The van der Waals surface area contributed by atoms with E-state index in [1.165, 1.54) is 0 Å². The summed E-state index contributed by atoms with van der Waals surface area (Å²) in [6.07, 6.45) is 1.61. The van der Waals surface area contributed by atoms with E-state index < -0.39 is 5.54 Å². The molecule has 0 unspecified atom stereocenters. The average Bonchev–Trinajstić information content (AvgIpc) is 2.94. The summed E-state index contributed by atoms with van der Waals surface area (Å²) in [5.74, 6) is -0.0394. The number of amides is 1. The zero-order chi connectivity index (χ0) is 10.9. The Morgan fingerprint density at radius 1 is 1.50 bits per heavy atom. The quantitative estimate of drug-likeness (QED) is 0.897. The van der Waals surface area contributed by atoms with Gasteiger partial charge in [-0.05, 0) is 30.5 Å². The maximum atomic E-state index is 11.5. The van der Waals surface area contributed by atoms with E-state index in [4.69, 9.17) is 5.73 Å². The van der Waals surface area contributed by atoms with Crippen molar-refractivity contribution in [2.45, 2.75) is 24.9 Å². The second kappa shape index (κ2) is 5.17. The minimum absolute atomic E-state index is 0. The molecule has 3 N–H and O–H groups in total. The van der Waals surface area contributed by atoms with Crippen LogP contribution in [0.1, 0.15) is 18.4 Å². The highest BCUT2D eigenvalue weighted by molar-refractivity contribution is 9.10. The van der Waals surface area contributed by atoms with Gasteiger partial charge in [-0.1, -0.05) is 28.1 Å². The Balaban J connectivity index is 0.00000128. The van der Waals surface area contributed by atoms with Gasteiger partial charge in [0.25, 0.3) is 0 Å². The molecule has 16 heavy (non-hydrogen) atoms. The number of nitrogens with two attached hydrogens (primary N) is 1. The lowest BCUT2D eigenvalue weighted by Crippen LogP contribution is -2.42. The first kappa shape index (κ1) is 13.5. The fourth-order valence-corrected chi connectivity index (χ4v) is 1.81. The number of carbonyl (C=O) groups is 1. The third kappa shape index (κ3) is 3.20. The molecule has 0 aromatic heterocycles. The maximum Gasteiger partial charge on any atom is 0.240 e. The van der Waals surface area contributed by atoms with Crippen molar-refractivity contribution in [3.63, 3.8) is 0 Å². The number of rotatable bonds is 3. The number of carbonyl (C=O) groups excluding carboxylic acids is 1. The van der Waals surface area contributed by atoms with E-state index in [-0.39, 0.29) is 18.3 Å². The second-order valence-electron chi connectivity index (χ2n) is 3.97. The van der Waals surface area contributed by atoms with Crippen LogP contribution in [0, 0.1) is 0 Å². The van der Waals surface area contributed by atoms with E-state index in [2.05, 4.69) is 21.2 Å². The van der Waals surface area contributed by atoms with Crippen molar-refractivity contribution in [3.05, 3.63) is 34.3 Å². The molecule has 1 amide bonds. The van der Waals surface area contributed by atoms with Crippen LogP contribution in [0.25, 0.3) is 0 Å². The van der Waals surface area contributed by atoms with Gasteiger partial charge < -0.3 is 11.1 Å². The molecule has 0 aliphatic heterocycles. The smallest absolute Gasteiger partial charge is 0.240 e. The van der Waals surface area contributed by atoms with Crippen molar-refractivity contribution in [3.8, 4) is 0 Å². The Hall–Kier alpha value is -0.580. The number of nitrogens with one attached hydrogen (secondary N) is 1. The van der Waals surface area contributed by atoms with Gasteiger partial charge in [-0.15, -0.1) is 12.4 Å². The first-order chi connectivity index (χ1) is 7.10. The van der Waals surface area contributed by atoms with Crippen molar-refractivity contribution in [2.24, 2.45) is 5.73 Å². The summed E-state index contributed by atoms with van der Waals surface area (Å²) < 4.78 is 1.02. The average molecular weight is 306 g/mol. The predicted octanol–water partition coefficient (Wildman–Crippen LogP) is 1.98. The van der Waals surface area contributed by atoms with E-state index >= 15 is 0 Å². The highest BCUT2D eigenvalue weighted by Gasteiger charge is 2.45. The fraction of sp³-hybridized carbons (Fsp3) is 0.364. The summed E-state index contributed by atoms with van der Waals surface area (Å²) in [6.45, 7) is 0.539. The third-order valence-corrected chi connectivity index (χ3v) is 3.08. The molecule has 0 heterocycles. The van der Waals surface area contributed by atoms with Crippen molar-refractivity contribution in [2.75, 3.05) is 0 Å². The van der Waals surface area contributed by atoms with Crippen molar-refractivity contribution < 1.29 is 4.79 Å². The van der Waals surface area contributed by atoms with Crippen LogP contribution in [0.4, 0.5) is 0 Å². The fourth-order valence-electron chi connectivity index (χ4n) is 1.37. The summed E-state index contributed by atoms with van der Waals surface area (Å²) in [5.41, 5.74) is 6.26. The molecule has 88 valence electrons. The summed E-state index contributed by atoms with van der Waals surface area (Å²) in [4.78, 5) is 11.5. The SMILES string of the molecule is Cl.NC1(C(=O)NCc2cccc(Br)c2)CC1. The van der Waals surface area contributed by atoms with Crippen LogP contribution in [0.3, 0.4) is 0 Å². The summed E-state index contributed by atoms with van der Waals surface area (Å²) in [5, 5.41) is 2.84. The Labute approximate surface area is 109 Å². The van der Waals surface area contributed by atoms with E-state index in [1.807, 2.05) is 24.3 Å². The van der Waals surface area contributed by atoms with Gasteiger partial charge in [0, 0.05) is 11.0 Å². The van der Waals surface area contributed by atoms with Gasteiger partial charge in [0.1, 0.15) is 0 Å². The van der Waals surface area contributed by atoms with Gasteiger partial charge in [-0.2, -0.15) is 0 Å². The molecule has 0 radical (unpaired) electrons. The highest BCUT2D eigenvalue weighted by atomic mass is 79.9. The Morgan fingerprint density at radius 2 is 2.19 bits per heavy atom. The molecule has 1 fully saturated rings. The molecule has 0 saturated heterocycles. The summed E-state index contributed by atoms with van der Waals surface area (Å²) >= 11 is 3.38. The largest absolute Gasteiger partial charge is 0.350 e. The molecule has 0 spiro atoms. The van der Waals surface area contributed by atoms with Crippen LogP contribution in [0.15, 0.2) is 28.7 Å². The minimum Gasteiger partial charge on any atom is -0.350 e. The van der Waals surface area contributed by atoms with E-state index in [9.17, 15) is 4.79 Å². The van der Waals surface area contributed by atoms with Crippen LogP contribution < -0.4 is 11.1 Å². The van der Waals surface area contributed by atoms with Gasteiger partial charge in [-0.25, -0.2) is 0 Å². The van der Waals surface area contributed by atoms with E-state index in [0.29, 0.717) is 6.54 Å². The molecule has 1 aliphatic rings. The van der Waals surface area contributed by atoms with Crippen LogP contribution in [0.5, 0.6) is 0 Å². The monoisotopic (exact) mass is 304 g/mol.